The predicted octanol–water partition coefficient (Wildman–Crippen LogP) is 0.996. The molecule has 1 aromatic heterocycles. The Labute approximate surface area is 96.8 Å². The Morgan fingerprint density at radius 1 is 1.53 bits per heavy atom. The van der Waals surface area contributed by atoms with Crippen molar-refractivity contribution >= 4 is 24.2 Å². The highest BCUT2D eigenvalue weighted by atomic mass is 16.5. The Hall–Kier alpha value is -2.50. The molecule has 0 saturated carbocycles. The van der Waals surface area contributed by atoms with Gasteiger partial charge in [0.15, 0.2) is 24.6 Å². The van der Waals surface area contributed by atoms with Gasteiger partial charge in [-0.05, 0) is 6.07 Å². The SMILES string of the molecule is N=C1C=C(N2COc3cc(C=O)cnc32)C=N1. The summed E-state index contributed by atoms with van der Waals surface area (Å²) in [5.41, 5.74) is 1.24. The van der Waals surface area contributed by atoms with Crippen molar-refractivity contribution < 1.29 is 9.53 Å². The molecule has 0 fully saturated rings. The summed E-state index contributed by atoms with van der Waals surface area (Å²) < 4.78 is 5.43. The average Bonchev–Trinajstić information content (AvgIpc) is 2.93. The highest BCUT2D eigenvalue weighted by Crippen LogP contribution is 2.34. The van der Waals surface area contributed by atoms with E-state index in [-0.39, 0.29) is 5.84 Å². The Kier molecular flexibility index (Phi) is 2.01. The van der Waals surface area contributed by atoms with Crippen LogP contribution in [0.3, 0.4) is 0 Å². The number of hydrogen-bond donors (Lipinski definition) is 1. The first-order valence-corrected chi connectivity index (χ1v) is 4.98. The van der Waals surface area contributed by atoms with Gasteiger partial charge in [0.05, 0.1) is 11.9 Å². The van der Waals surface area contributed by atoms with Crippen molar-refractivity contribution in [3.8, 4) is 5.75 Å². The van der Waals surface area contributed by atoms with Crippen LogP contribution < -0.4 is 9.64 Å². The zero-order chi connectivity index (χ0) is 11.8. The number of aromatic nitrogens is 1. The topological polar surface area (TPSA) is 78.6 Å². The van der Waals surface area contributed by atoms with Gasteiger partial charge in [0.25, 0.3) is 0 Å². The van der Waals surface area contributed by atoms with Gasteiger partial charge in [0, 0.05) is 17.8 Å². The maximum atomic E-state index is 10.6. The van der Waals surface area contributed by atoms with E-state index in [1.165, 1.54) is 6.20 Å². The normalized spacial score (nSPS) is 16.8. The third-order valence-corrected chi connectivity index (χ3v) is 2.53. The second kappa shape index (κ2) is 3.51. The van der Waals surface area contributed by atoms with E-state index < -0.39 is 0 Å². The number of fused-ring (bicyclic) bond motifs is 1. The fraction of sp³-hybridized carbons (Fsp3) is 0.0909. The summed E-state index contributed by atoms with van der Waals surface area (Å²) in [6.07, 6.45) is 5.45. The summed E-state index contributed by atoms with van der Waals surface area (Å²) in [7, 11) is 0. The van der Waals surface area contributed by atoms with E-state index in [4.69, 9.17) is 10.1 Å². The van der Waals surface area contributed by atoms with Crippen molar-refractivity contribution in [2.45, 2.75) is 0 Å². The molecule has 17 heavy (non-hydrogen) atoms. The van der Waals surface area contributed by atoms with Gasteiger partial charge >= 0.3 is 0 Å². The van der Waals surface area contributed by atoms with E-state index >= 15 is 0 Å². The van der Waals surface area contributed by atoms with Crippen LogP contribution >= 0.6 is 0 Å². The first-order valence-electron chi connectivity index (χ1n) is 4.98. The lowest BCUT2D eigenvalue weighted by atomic mass is 10.3. The lowest BCUT2D eigenvalue weighted by Crippen LogP contribution is -2.22. The number of carbonyl (C=O) groups excluding carboxylic acids is 1. The number of aldehydes is 1. The van der Waals surface area contributed by atoms with Crippen molar-refractivity contribution in [2.24, 2.45) is 4.99 Å². The Balaban J connectivity index is 1.99. The molecule has 0 atom stereocenters. The highest BCUT2D eigenvalue weighted by Gasteiger charge is 2.26. The van der Waals surface area contributed by atoms with Gasteiger partial charge < -0.3 is 4.74 Å². The minimum absolute atomic E-state index is 0.206. The number of aliphatic imine (C=N–C) groups is 1. The van der Waals surface area contributed by atoms with Crippen molar-refractivity contribution in [3.63, 3.8) is 0 Å². The molecular formula is C11H8N4O2. The molecule has 3 heterocycles. The molecule has 2 aliphatic heterocycles. The molecule has 1 N–H and O–H groups in total. The molecule has 84 valence electrons. The molecule has 6 heteroatoms. The van der Waals surface area contributed by atoms with Gasteiger partial charge in [-0.1, -0.05) is 0 Å². The van der Waals surface area contributed by atoms with Crippen LogP contribution in [0.4, 0.5) is 5.82 Å². The quantitative estimate of drug-likeness (QED) is 0.766. The van der Waals surface area contributed by atoms with Crippen LogP contribution in [0.25, 0.3) is 0 Å². The van der Waals surface area contributed by atoms with E-state index in [1.54, 1.807) is 23.3 Å². The van der Waals surface area contributed by atoms with E-state index in [2.05, 4.69) is 9.98 Å². The summed E-state index contributed by atoms with van der Waals surface area (Å²) in [6, 6.07) is 1.65. The minimum Gasteiger partial charge on any atom is -0.469 e. The second-order valence-electron chi connectivity index (χ2n) is 3.62. The Bertz CT molecular complexity index is 577. The number of pyridine rings is 1. The molecule has 0 aromatic carbocycles. The number of nitrogens with one attached hydrogen (secondary N) is 1. The third kappa shape index (κ3) is 1.50. The fourth-order valence-electron chi connectivity index (χ4n) is 1.72. The summed E-state index contributed by atoms with van der Waals surface area (Å²) in [6.45, 7) is 0.315. The van der Waals surface area contributed by atoms with Crippen molar-refractivity contribution in [1.29, 1.82) is 5.41 Å². The molecule has 6 nitrogen and oxygen atoms in total. The van der Waals surface area contributed by atoms with Crippen LogP contribution in [-0.2, 0) is 0 Å². The third-order valence-electron chi connectivity index (χ3n) is 2.53. The molecule has 0 spiro atoms. The van der Waals surface area contributed by atoms with Crippen LogP contribution in [0.5, 0.6) is 5.75 Å². The van der Waals surface area contributed by atoms with E-state index in [0.29, 0.717) is 23.9 Å². The lowest BCUT2D eigenvalue weighted by Gasteiger charge is -2.13. The molecule has 1 aromatic rings. The summed E-state index contributed by atoms with van der Waals surface area (Å²) in [5.74, 6) is 1.42. The van der Waals surface area contributed by atoms with Gasteiger partial charge in [-0.25, -0.2) is 9.98 Å². The van der Waals surface area contributed by atoms with Crippen LogP contribution in [0.2, 0.25) is 0 Å². The molecule has 2 aliphatic rings. The summed E-state index contributed by atoms with van der Waals surface area (Å²) in [5, 5.41) is 7.38. The predicted molar refractivity (Wildman–Crippen MR) is 61.9 cm³/mol. The van der Waals surface area contributed by atoms with Crippen LogP contribution in [0, 0.1) is 5.41 Å². The van der Waals surface area contributed by atoms with Crippen molar-refractivity contribution in [2.75, 3.05) is 11.6 Å². The highest BCUT2D eigenvalue weighted by molar-refractivity contribution is 6.09. The Morgan fingerprint density at radius 2 is 2.41 bits per heavy atom. The number of rotatable bonds is 2. The number of carbonyl (C=O) groups is 1. The minimum atomic E-state index is 0.206. The smallest absolute Gasteiger partial charge is 0.178 e. The maximum absolute atomic E-state index is 10.6. The molecule has 0 aliphatic carbocycles. The maximum Gasteiger partial charge on any atom is 0.178 e. The molecular weight excluding hydrogens is 220 g/mol. The standard InChI is InChI=1S/C11H8N4O2/c12-10-2-8(4-13-10)15-6-17-9-1-7(5-16)3-14-11(9)15/h1-5,12H,6H2. The van der Waals surface area contributed by atoms with E-state index in [1.807, 2.05) is 0 Å². The monoisotopic (exact) mass is 228 g/mol. The van der Waals surface area contributed by atoms with Gasteiger partial charge in [-0.3, -0.25) is 15.1 Å². The van der Waals surface area contributed by atoms with Gasteiger partial charge in [0.2, 0.25) is 0 Å². The first kappa shape index (κ1) is 9.71. The van der Waals surface area contributed by atoms with Crippen LogP contribution in [0.1, 0.15) is 10.4 Å². The summed E-state index contributed by atoms with van der Waals surface area (Å²) in [4.78, 5) is 20.4. The van der Waals surface area contributed by atoms with E-state index in [9.17, 15) is 4.79 Å². The zero-order valence-electron chi connectivity index (χ0n) is 8.75. The van der Waals surface area contributed by atoms with Crippen LogP contribution in [0.15, 0.2) is 29.0 Å². The molecule has 0 bridgehead atoms. The number of hydrogen-bond acceptors (Lipinski definition) is 5. The van der Waals surface area contributed by atoms with Crippen molar-refractivity contribution in [1.82, 2.24) is 4.98 Å². The van der Waals surface area contributed by atoms with Crippen molar-refractivity contribution in [3.05, 3.63) is 29.6 Å². The lowest BCUT2D eigenvalue weighted by molar-refractivity contribution is 0.112. The zero-order valence-corrected chi connectivity index (χ0v) is 8.75. The number of amidine groups is 1. The van der Waals surface area contributed by atoms with Gasteiger partial charge in [-0.15, -0.1) is 0 Å². The van der Waals surface area contributed by atoms with Gasteiger partial charge in [-0.2, -0.15) is 0 Å². The number of allylic oxidation sites excluding steroid dienone is 1. The van der Waals surface area contributed by atoms with Gasteiger partial charge in [0.1, 0.15) is 5.84 Å². The molecule has 0 amide bonds. The first-order chi connectivity index (χ1) is 8.28. The number of nitrogens with zero attached hydrogens (tertiary/aromatic N) is 3. The van der Waals surface area contributed by atoms with Crippen LogP contribution in [-0.4, -0.2) is 30.1 Å². The fourth-order valence-corrected chi connectivity index (χ4v) is 1.72. The molecule has 0 saturated heterocycles. The molecule has 3 rings (SSSR count). The average molecular weight is 228 g/mol. The molecule has 0 radical (unpaired) electrons. The largest absolute Gasteiger partial charge is 0.469 e. The number of anilines is 1. The second-order valence-corrected chi connectivity index (χ2v) is 3.62. The number of ether oxygens (including phenoxy) is 1. The Morgan fingerprint density at radius 3 is 3.12 bits per heavy atom. The summed E-state index contributed by atoms with van der Waals surface area (Å²) >= 11 is 0. The molecule has 0 unspecified atom stereocenters. The van der Waals surface area contributed by atoms with E-state index in [0.717, 1.165) is 12.0 Å².